The number of hydrogen-bond acceptors (Lipinski definition) is 1. The fourth-order valence-corrected chi connectivity index (χ4v) is 4.35. The molecule has 3 rings (SSSR count). The van der Waals surface area contributed by atoms with Gasteiger partial charge in [0.2, 0.25) is 0 Å². The van der Waals surface area contributed by atoms with Gasteiger partial charge in [-0.2, -0.15) is 0 Å². The van der Waals surface area contributed by atoms with E-state index in [1.165, 1.54) is 37.8 Å². The molecule has 2 aliphatic carbocycles. The van der Waals surface area contributed by atoms with E-state index in [0.717, 1.165) is 30.4 Å². The fourth-order valence-electron chi connectivity index (χ4n) is 4.35. The number of carbonyl (C=O) groups is 1. The van der Waals surface area contributed by atoms with Gasteiger partial charge >= 0.3 is 0 Å². The normalized spacial score (nSPS) is 28.4. The van der Waals surface area contributed by atoms with Crippen molar-refractivity contribution in [2.24, 2.45) is 17.3 Å². The maximum absolute atomic E-state index is 12.3. The van der Waals surface area contributed by atoms with Gasteiger partial charge in [0.25, 0.3) is 0 Å². The van der Waals surface area contributed by atoms with Gasteiger partial charge in [-0.3, -0.25) is 4.79 Å². The molecule has 2 atom stereocenters. The van der Waals surface area contributed by atoms with Crippen molar-refractivity contribution in [1.82, 2.24) is 4.57 Å². The topological polar surface area (TPSA) is 22.0 Å². The van der Waals surface area contributed by atoms with Crippen molar-refractivity contribution < 1.29 is 4.79 Å². The number of rotatable bonds is 3. The van der Waals surface area contributed by atoms with Gasteiger partial charge < -0.3 is 4.57 Å². The lowest BCUT2D eigenvalue weighted by molar-refractivity contribution is 0.0909. The lowest BCUT2D eigenvalue weighted by Gasteiger charge is -2.30. The van der Waals surface area contributed by atoms with E-state index in [1.807, 2.05) is 0 Å². The van der Waals surface area contributed by atoms with Crippen molar-refractivity contribution in [3.63, 3.8) is 0 Å². The smallest absolute Gasteiger partial charge is 0.165 e. The molecule has 0 spiro atoms. The molecule has 0 bridgehead atoms. The largest absolute Gasteiger partial charge is 0.351 e. The number of hydrogen-bond donors (Lipinski definition) is 0. The quantitative estimate of drug-likeness (QED) is 0.778. The van der Waals surface area contributed by atoms with E-state index >= 15 is 0 Å². The van der Waals surface area contributed by atoms with E-state index < -0.39 is 0 Å². The van der Waals surface area contributed by atoms with E-state index in [2.05, 4.69) is 37.6 Å². The molecule has 21 heavy (non-hydrogen) atoms. The predicted molar refractivity (Wildman–Crippen MR) is 86.6 cm³/mol. The van der Waals surface area contributed by atoms with Gasteiger partial charge in [-0.15, -0.1) is 0 Å². The standard InChI is InChI=1S/C19H29NO/c1-14-5-4-6-15(11-14)7-9-20-10-8-16-17(20)12-19(2,3)13-18(16)21/h8,10,14-15H,4-7,9,11-13H2,1-3H3. The summed E-state index contributed by atoms with van der Waals surface area (Å²) in [5, 5.41) is 0. The number of carbonyl (C=O) groups excluding carboxylic acids is 1. The summed E-state index contributed by atoms with van der Waals surface area (Å²) in [6.07, 6.45) is 10.8. The first-order valence-electron chi connectivity index (χ1n) is 8.66. The van der Waals surface area contributed by atoms with Crippen molar-refractivity contribution >= 4 is 5.78 Å². The summed E-state index contributed by atoms with van der Waals surface area (Å²) in [5.41, 5.74) is 2.41. The molecular weight excluding hydrogens is 258 g/mol. The lowest BCUT2D eigenvalue weighted by atomic mass is 9.76. The van der Waals surface area contributed by atoms with E-state index in [-0.39, 0.29) is 5.41 Å². The van der Waals surface area contributed by atoms with Crippen LogP contribution in [0.1, 0.15) is 75.3 Å². The zero-order chi connectivity index (χ0) is 15.0. The molecule has 1 aromatic rings. The molecule has 2 aliphatic rings. The molecule has 1 saturated carbocycles. The summed E-state index contributed by atoms with van der Waals surface area (Å²) in [4.78, 5) is 12.3. The van der Waals surface area contributed by atoms with Gasteiger partial charge in [-0.05, 0) is 42.6 Å². The lowest BCUT2D eigenvalue weighted by Crippen LogP contribution is -2.28. The summed E-state index contributed by atoms with van der Waals surface area (Å²) < 4.78 is 2.37. The highest BCUT2D eigenvalue weighted by atomic mass is 16.1. The first-order chi connectivity index (χ1) is 9.94. The molecule has 0 saturated heterocycles. The Bertz CT molecular complexity index is 526. The third-order valence-electron chi connectivity index (χ3n) is 5.49. The van der Waals surface area contributed by atoms with Crippen molar-refractivity contribution in [2.75, 3.05) is 0 Å². The number of ketones is 1. The molecule has 0 aliphatic heterocycles. The van der Waals surface area contributed by atoms with Crippen LogP contribution in [0.2, 0.25) is 0 Å². The molecule has 0 amide bonds. The van der Waals surface area contributed by atoms with Crippen LogP contribution in [0.15, 0.2) is 12.3 Å². The van der Waals surface area contributed by atoms with Crippen LogP contribution < -0.4 is 0 Å². The van der Waals surface area contributed by atoms with Crippen LogP contribution in [-0.2, 0) is 13.0 Å². The molecule has 0 aromatic carbocycles. The van der Waals surface area contributed by atoms with Gasteiger partial charge in [0.1, 0.15) is 0 Å². The number of aromatic nitrogens is 1. The van der Waals surface area contributed by atoms with Gasteiger partial charge in [-0.1, -0.05) is 40.0 Å². The van der Waals surface area contributed by atoms with Crippen LogP contribution in [-0.4, -0.2) is 10.4 Å². The molecule has 1 aromatic heterocycles. The summed E-state index contributed by atoms with van der Waals surface area (Å²) >= 11 is 0. The predicted octanol–water partition coefficient (Wildman–Crippen LogP) is 4.86. The van der Waals surface area contributed by atoms with Crippen LogP contribution in [0.25, 0.3) is 0 Å². The van der Waals surface area contributed by atoms with Crippen molar-refractivity contribution in [3.8, 4) is 0 Å². The zero-order valence-electron chi connectivity index (χ0n) is 13.8. The van der Waals surface area contributed by atoms with Gasteiger partial charge in [0.15, 0.2) is 5.78 Å². The molecule has 1 fully saturated rings. The third kappa shape index (κ3) is 3.25. The van der Waals surface area contributed by atoms with Crippen LogP contribution in [0.5, 0.6) is 0 Å². The maximum Gasteiger partial charge on any atom is 0.165 e. The second-order valence-electron chi connectivity index (χ2n) is 8.24. The summed E-state index contributed by atoms with van der Waals surface area (Å²) in [6.45, 7) is 7.92. The Hall–Kier alpha value is -1.05. The average molecular weight is 287 g/mol. The van der Waals surface area contributed by atoms with Crippen molar-refractivity contribution in [2.45, 2.75) is 72.3 Å². The number of aryl methyl sites for hydroxylation is 1. The highest BCUT2D eigenvalue weighted by Gasteiger charge is 2.33. The van der Waals surface area contributed by atoms with Crippen LogP contribution in [0.4, 0.5) is 0 Å². The second kappa shape index (κ2) is 5.62. The van der Waals surface area contributed by atoms with Gasteiger partial charge in [-0.25, -0.2) is 0 Å². The zero-order valence-corrected chi connectivity index (χ0v) is 13.8. The first-order valence-corrected chi connectivity index (χ1v) is 8.66. The van der Waals surface area contributed by atoms with E-state index in [1.54, 1.807) is 0 Å². The molecule has 2 unspecified atom stereocenters. The Morgan fingerprint density at radius 1 is 1.29 bits per heavy atom. The van der Waals surface area contributed by atoms with Crippen LogP contribution in [0, 0.1) is 17.3 Å². The monoisotopic (exact) mass is 287 g/mol. The summed E-state index contributed by atoms with van der Waals surface area (Å²) in [7, 11) is 0. The third-order valence-corrected chi connectivity index (χ3v) is 5.49. The molecule has 2 heteroatoms. The van der Waals surface area contributed by atoms with Gasteiger partial charge in [0.05, 0.1) is 0 Å². The highest BCUT2D eigenvalue weighted by molar-refractivity contribution is 5.98. The van der Waals surface area contributed by atoms with Gasteiger partial charge in [0, 0.05) is 30.4 Å². The minimum atomic E-state index is 0.125. The summed E-state index contributed by atoms with van der Waals surface area (Å²) in [6, 6.07) is 2.05. The molecular formula is C19H29NO. The Balaban J connectivity index is 1.69. The highest BCUT2D eigenvalue weighted by Crippen LogP contribution is 2.36. The molecule has 1 heterocycles. The Labute approximate surface area is 128 Å². The Morgan fingerprint density at radius 2 is 2.10 bits per heavy atom. The molecule has 116 valence electrons. The minimum absolute atomic E-state index is 0.125. The number of fused-ring (bicyclic) bond motifs is 1. The SMILES string of the molecule is CC1CCCC(CCn2ccc3c2CC(C)(C)CC3=O)C1. The number of nitrogens with zero attached hydrogens (tertiary/aromatic N) is 1. The molecule has 0 radical (unpaired) electrons. The average Bonchev–Trinajstić information content (AvgIpc) is 2.78. The fraction of sp³-hybridized carbons (Fsp3) is 0.737. The maximum atomic E-state index is 12.3. The molecule has 0 N–H and O–H groups in total. The first kappa shape index (κ1) is 14.9. The Kier molecular flexibility index (Phi) is 3.98. The van der Waals surface area contributed by atoms with E-state index in [0.29, 0.717) is 12.2 Å². The Morgan fingerprint density at radius 3 is 2.86 bits per heavy atom. The molecule has 2 nitrogen and oxygen atoms in total. The van der Waals surface area contributed by atoms with Crippen LogP contribution in [0.3, 0.4) is 0 Å². The second-order valence-corrected chi connectivity index (χ2v) is 8.24. The number of Topliss-reactive ketones (excluding diaryl/α,β-unsaturated/α-hetero) is 1. The van der Waals surface area contributed by atoms with E-state index in [9.17, 15) is 4.79 Å². The van der Waals surface area contributed by atoms with Crippen molar-refractivity contribution in [1.29, 1.82) is 0 Å². The van der Waals surface area contributed by atoms with Crippen molar-refractivity contribution in [3.05, 3.63) is 23.5 Å². The summed E-state index contributed by atoms with van der Waals surface area (Å²) in [5.74, 6) is 2.13. The minimum Gasteiger partial charge on any atom is -0.351 e. The van der Waals surface area contributed by atoms with E-state index in [4.69, 9.17) is 0 Å². The van der Waals surface area contributed by atoms with Crippen LogP contribution >= 0.6 is 0 Å².